The molecular formula is C29H24BrN9O4. The molecule has 0 unspecified atom stereocenters. The van der Waals surface area contributed by atoms with Crippen LogP contribution in [0.3, 0.4) is 0 Å². The molecule has 0 fully saturated rings. The Kier molecular flexibility index (Phi) is 7.91. The lowest BCUT2D eigenvalue weighted by Crippen LogP contribution is -2.31. The Morgan fingerprint density at radius 2 is 1.91 bits per heavy atom. The number of anilines is 2. The zero-order valence-electron chi connectivity index (χ0n) is 22.6. The number of amides is 1. The number of aryl methyl sites for hydroxylation is 1. The van der Waals surface area contributed by atoms with Crippen molar-refractivity contribution in [2.75, 3.05) is 17.2 Å². The van der Waals surface area contributed by atoms with Gasteiger partial charge in [0.25, 0.3) is 5.91 Å². The number of halogens is 1. The van der Waals surface area contributed by atoms with E-state index in [-0.39, 0.29) is 29.6 Å². The summed E-state index contributed by atoms with van der Waals surface area (Å²) in [5, 5.41) is 19.9. The van der Waals surface area contributed by atoms with Crippen molar-refractivity contribution in [1.29, 1.82) is 0 Å². The van der Waals surface area contributed by atoms with Crippen LogP contribution in [0.15, 0.2) is 87.0 Å². The number of hydrogen-bond donors (Lipinski definition) is 2. The van der Waals surface area contributed by atoms with Crippen LogP contribution in [0.2, 0.25) is 0 Å². The maximum Gasteiger partial charge on any atom is 0.343 e. The fourth-order valence-corrected chi connectivity index (χ4v) is 5.12. The molecule has 3 aromatic carbocycles. The van der Waals surface area contributed by atoms with Crippen LogP contribution in [0, 0.1) is 0 Å². The number of nitrogen functional groups attached to an aromatic ring is 1. The molecule has 0 atom stereocenters. The molecule has 3 heterocycles. The van der Waals surface area contributed by atoms with Crippen LogP contribution in [0.25, 0.3) is 5.82 Å². The quantitative estimate of drug-likeness (QED) is 0.110. The van der Waals surface area contributed by atoms with E-state index < -0.39 is 11.9 Å². The van der Waals surface area contributed by atoms with Crippen molar-refractivity contribution >= 4 is 45.5 Å². The summed E-state index contributed by atoms with van der Waals surface area (Å²) in [5.41, 5.74) is 12.0. The molecular weight excluding hydrogens is 618 g/mol. The van der Waals surface area contributed by atoms with Crippen LogP contribution in [-0.4, -0.2) is 49.9 Å². The molecule has 13 nitrogen and oxygen atoms in total. The van der Waals surface area contributed by atoms with Crippen LogP contribution in [0.1, 0.15) is 44.1 Å². The van der Waals surface area contributed by atoms with Gasteiger partial charge in [-0.3, -0.25) is 4.79 Å². The second kappa shape index (κ2) is 12.2. The van der Waals surface area contributed by atoms with Gasteiger partial charge in [0, 0.05) is 22.3 Å². The van der Waals surface area contributed by atoms with Gasteiger partial charge in [-0.25, -0.2) is 14.8 Å². The molecule has 0 bridgehead atoms. The van der Waals surface area contributed by atoms with Crippen LogP contribution < -0.4 is 20.8 Å². The first kappa shape index (κ1) is 27.8. The molecule has 0 aliphatic carbocycles. The van der Waals surface area contributed by atoms with Crippen molar-refractivity contribution in [1.82, 2.24) is 30.7 Å². The normalized spacial score (nSPS) is 12.7. The van der Waals surface area contributed by atoms with Gasteiger partial charge in [-0.2, -0.15) is 9.78 Å². The predicted octanol–water partition coefficient (Wildman–Crippen LogP) is 3.93. The first-order chi connectivity index (χ1) is 21.0. The van der Waals surface area contributed by atoms with Crippen molar-refractivity contribution in [3.8, 4) is 11.6 Å². The van der Waals surface area contributed by atoms with Gasteiger partial charge < -0.3 is 15.4 Å². The van der Waals surface area contributed by atoms with Gasteiger partial charge in [-0.05, 0) is 65.1 Å². The van der Waals surface area contributed by atoms with E-state index in [4.69, 9.17) is 15.1 Å². The number of carbonyl (C=O) groups excluding carboxylic acids is 2. The van der Waals surface area contributed by atoms with E-state index in [0.717, 1.165) is 29.5 Å². The van der Waals surface area contributed by atoms with Crippen LogP contribution in [-0.2, 0) is 13.0 Å². The number of nitrogens with two attached hydrogens (primary N) is 1. The number of rotatable bonds is 8. The Balaban J connectivity index is 1.25. The van der Waals surface area contributed by atoms with Crippen molar-refractivity contribution in [2.45, 2.75) is 19.4 Å². The van der Waals surface area contributed by atoms with Crippen molar-refractivity contribution < 1.29 is 19.0 Å². The number of hydrogen-bond acceptors (Lipinski definition) is 11. The second-order valence-corrected chi connectivity index (χ2v) is 10.5. The minimum absolute atomic E-state index is 0.00223. The highest BCUT2D eigenvalue weighted by molar-refractivity contribution is 9.10. The number of carbonyl (C=O) groups is 2. The number of esters is 1. The Hall–Kier alpha value is -5.37. The van der Waals surface area contributed by atoms with Crippen LogP contribution >= 0.6 is 15.9 Å². The van der Waals surface area contributed by atoms with E-state index in [1.807, 2.05) is 24.3 Å². The number of aromatic nitrogens is 5. The second-order valence-electron chi connectivity index (χ2n) is 9.56. The topological polar surface area (TPSA) is 167 Å². The Morgan fingerprint density at radius 1 is 1.09 bits per heavy atom. The predicted molar refractivity (Wildman–Crippen MR) is 160 cm³/mol. The number of nitrogens with zero attached hydrogens (tertiary/aromatic N) is 7. The summed E-state index contributed by atoms with van der Waals surface area (Å²) in [6.45, 7) is 1.05. The first-order valence-electron chi connectivity index (χ1n) is 13.2. The molecule has 0 saturated carbocycles. The third-order valence-electron chi connectivity index (χ3n) is 6.78. The number of ether oxygens (including phenoxy) is 1. The largest absolute Gasteiger partial charge is 0.422 e. The summed E-state index contributed by atoms with van der Waals surface area (Å²) < 4.78 is 12.4. The Morgan fingerprint density at radius 3 is 2.72 bits per heavy atom. The van der Waals surface area contributed by atoms with Crippen molar-refractivity contribution in [2.24, 2.45) is 5.10 Å². The highest BCUT2D eigenvalue weighted by atomic mass is 79.9. The molecule has 1 amide bonds. The molecule has 0 spiro atoms. The molecule has 216 valence electrons. The summed E-state index contributed by atoms with van der Waals surface area (Å²) in [6, 6.07) is 21.8. The number of benzene rings is 3. The summed E-state index contributed by atoms with van der Waals surface area (Å²) in [4.78, 5) is 28.2. The minimum atomic E-state index is -0.615. The van der Waals surface area contributed by atoms with Crippen molar-refractivity contribution in [3.63, 3.8) is 0 Å². The van der Waals surface area contributed by atoms with Gasteiger partial charge in [0.1, 0.15) is 5.75 Å². The average Bonchev–Trinajstić information content (AvgIpc) is 3.64. The SMILES string of the molecule is Nc1nonc1-n1nnc(C(=O)N/N=C\c2cc(Br)ccc2OC(=O)c2ccccc2)c1CN1CCCc2ccccc21. The fourth-order valence-electron chi connectivity index (χ4n) is 4.74. The smallest absolute Gasteiger partial charge is 0.343 e. The molecule has 14 heteroatoms. The van der Waals surface area contributed by atoms with Crippen LogP contribution in [0.5, 0.6) is 5.75 Å². The van der Waals surface area contributed by atoms with Gasteiger partial charge in [-0.1, -0.05) is 57.5 Å². The summed E-state index contributed by atoms with van der Waals surface area (Å²) >= 11 is 3.42. The van der Waals surface area contributed by atoms with E-state index >= 15 is 0 Å². The summed E-state index contributed by atoms with van der Waals surface area (Å²) in [7, 11) is 0. The molecule has 0 saturated heterocycles. The average molecular weight is 642 g/mol. The van der Waals surface area contributed by atoms with Crippen LogP contribution in [0.4, 0.5) is 11.5 Å². The summed E-state index contributed by atoms with van der Waals surface area (Å²) in [5.74, 6) is -0.754. The molecule has 0 radical (unpaired) electrons. The molecule has 3 N–H and O–H groups in total. The molecule has 2 aromatic heterocycles. The third kappa shape index (κ3) is 5.99. The van der Waals surface area contributed by atoms with Gasteiger partial charge in [-0.15, -0.1) is 5.10 Å². The maximum atomic E-state index is 13.4. The highest BCUT2D eigenvalue weighted by Crippen LogP contribution is 2.29. The fraction of sp³-hybridized carbons (Fsp3) is 0.138. The monoisotopic (exact) mass is 641 g/mol. The van der Waals surface area contributed by atoms with E-state index in [2.05, 4.69) is 58.0 Å². The van der Waals surface area contributed by atoms with Gasteiger partial charge in [0.2, 0.25) is 11.6 Å². The van der Waals surface area contributed by atoms with Gasteiger partial charge >= 0.3 is 5.97 Å². The number of hydrazone groups is 1. The number of para-hydroxylation sites is 1. The highest BCUT2D eigenvalue weighted by Gasteiger charge is 2.27. The van der Waals surface area contributed by atoms with Crippen molar-refractivity contribution in [3.05, 3.63) is 105 Å². The minimum Gasteiger partial charge on any atom is -0.422 e. The van der Waals surface area contributed by atoms with E-state index in [1.165, 1.54) is 16.5 Å². The zero-order chi connectivity index (χ0) is 29.8. The Bertz CT molecular complexity index is 1820. The van der Waals surface area contributed by atoms with Gasteiger partial charge in [0.15, 0.2) is 5.69 Å². The number of nitrogens with one attached hydrogen (secondary N) is 1. The standard InChI is InChI=1S/C29H24BrN9O4/c30-21-12-13-24(42-29(41)19-8-2-1-3-9-19)20(15-21)16-32-34-28(40)25-23(39(37-33-25)27-26(31)35-43-36-27)17-38-14-6-10-18-7-4-5-11-22(18)38/h1-5,7-9,11-13,15-16H,6,10,14,17H2,(H2,31,35)(H,34,40)/b32-16-. The lowest BCUT2D eigenvalue weighted by Gasteiger charge is -2.31. The van der Waals surface area contributed by atoms with E-state index in [1.54, 1.807) is 42.5 Å². The Labute approximate surface area is 253 Å². The summed E-state index contributed by atoms with van der Waals surface area (Å²) in [6.07, 6.45) is 3.29. The zero-order valence-corrected chi connectivity index (χ0v) is 24.1. The molecule has 6 rings (SSSR count). The third-order valence-corrected chi connectivity index (χ3v) is 7.27. The molecule has 1 aliphatic heterocycles. The first-order valence-corrected chi connectivity index (χ1v) is 14.0. The molecule has 5 aromatic rings. The molecule has 1 aliphatic rings. The lowest BCUT2D eigenvalue weighted by atomic mass is 10.0. The molecule has 43 heavy (non-hydrogen) atoms. The number of fused-ring (bicyclic) bond motifs is 1. The lowest BCUT2D eigenvalue weighted by molar-refractivity contribution is 0.0734. The van der Waals surface area contributed by atoms with Gasteiger partial charge in [0.05, 0.1) is 24.0 Å². The van der Waals surface area contributed by atoms with E-state index in [9.17, 15) is 9.59 Å². The van der Waals surface area contributed by atoms with E-state index in [0.29, 0.717) is 16.8 Å². The maximum absolute atomic E-state index is 13.4.